The van der Waals surface area contributed by atoms with E-state index < -0.39 is 0 Å². The molecule has 0 unspecified atom stereocenters. The van der Waals surface area contributed by atoms with Crippen molar-refractivity contribution in [1.82, 2.24) is 5.16 Å². The zero-order valence-electron chi connectivity index (χ0n) is 6.93. The van der Waals surface area contributed by atoms with Crippen LogP contribution in [-0.4, -0.2) is 5.16 Å². The fraction of sp³-hybridized carbons (Fsp3) is 0.444. The van der Waals surface area contributed by atoms with E-state index in [0.29, 0.717) is 0 Å². The van der Waals surface area contributed by atoms with Crippen LogP contribution in [0, 0.1) is 25.5 Å². The molecule has 1 aromatic heterocycles. The smallest absolute Gasteiger partial charge is 0.141 e. The molecule has 0 aliphatic heterocycles. The monoisotopic (exact) mass is 148 g/mol. The van der Waals surface area contributed by atoms with Gasteiger partial charge in [-0.15, -0.1) is 6.42 Å². The average molecular weight is 148 g/mol. The van der Waals surface area contributed by atoms with E-state index in [1.54, 1.807) is 0 Å². The van der Waals surface area contributed by atoms with Gasteiger partial charge in [-0.1, -0.05) is 11.1 Å². The average Bonchev–Trinajstić information content (AvgIpc) is 2.36. The van der Waals surface area contributed by atoms with Crippen molar-refractivity contribution in [3.63, 3.8) is 0 Å². The van der Waals surface area contributed by atoms with E-state index in [1.807, 2.05) is 20.8 Å². The van der Waals surface area contributed by atoms with Crippen molar-refractivity contribution >= 4 is 0 Å². The van der Waals surface area contributed by atoms with E-state index in [9.17, 15) is 0 Å². The Labute approximate surface area is 66.6 Å². The van der Waals surface area contributed by atoms with Gasteiger partial charge in [0.15, 0.2) is 0 Å². The van der Waals surface area contributed by atoms with Crippen LogP contribution in [0.5, 0.6) is 0 Å². The summed E-state index contributed by atoms with van der Waals surface area (Å²) in [6, 6.07) is 0. The van der Waals surface area contributed by atoms with Gasteiger partial charge in [-0.2, -0.15) is 0 Å². The molecule has 0 saturated carbocycles. The summed E-state index contributed by atoms with van der Waals surface area (Å²) in [7, 11) is 0. The summed E-state index contributed by atoms with van der Waals surface area (Å²) in [5.41, 5.74) is 0.532. The lowest BCUT2D eigenvalue weighted by atomic mass is 9.86. The molecular weight excluding hydrogens is 138 g/mol. The fourth-order valence-electron chi connectivity index (χ4n) is 0.913. The summed E-state index contributed by atoms with van der Waals surface area (Å²) in [5, 5.41) is 3.54. The van der Waals surface area contributed by atoms with Crippen LogP contribution in [0.3, 0.4) is 0 Å². The van der Waals surface area contributed by atoms with Crippen LogP contribution in [0.2, 0.25) is 0 Å². The Kier molecular flexibility index (Phi) is 1.74. The van der Waals surface area contributed by atoms with Crippen molar-refractivity contribution in [2.45, 2.75) is 26.2 Å². The number of nitrogens with zero attached hydrogens (tertiary/aromatic N) is 1. The summed E-state index contributed by atoms with van der Waals surface area (Å²) in [6.07, 6.45) is 8.06. The highest BCUT2D eigenvalue weighted by atomic mass is 16.5. The van der Waals surface area contributed by atoms with Gasteiger partial charge in [0.1, 0.15) is 12.0 Å². The normalized spacial score (nSPS) is 11.1. The van der Waals surface area contributed by atoms with E-state index in [1.165, 1.54) is 0 Å². The van der Waals surface area contributed by atoms with Crippen molar-refractivity contribution in [2.24, 2.45) is 0 Å². The van der Waals surface area contributed by atoms with Crippen LogP contribution in [0.1, 0.15) is 25.2 Å². The van der Waals surface area contributed by atoms with Gasteiger partial charge in [0, 0.05) is 5.56 Å². The Bertz CT molecular complexity index is 291. The molecule has 0 aromatic carbocycles. The predicted molar refractivity (Wildman–Crippen MR) is 41.9 cm³/mol. The largest absolute Gasteiger partial charge is 0.361 e. The molecule has 0 atom stereocenters. The third-order valence-corrected chi connectivity index (χ3v) is 1.68. The number of terminal acetylenes is 1. The molecule has 1 rings (SSSR count). The summed E-state index contributed by atoms with van der Waals surface area (Å²) in [5.74, 6) is 3.40. The molecule has 1 radical (unpaired) electrons. The van der Waals surface area contributed by atoms with E-state index in [4.69, 9.17) is 10.9 Å². The van der Waals surface area contributed by atoms with Gasteiger partial charge in [-0.3, -0.25) is 0 Å². The standard InChI is InChI=1S/C9H10NO/c1-5-9(3,4)8-6-10-11-7(8)2/h1H,2-4H3. The lowest BCUT2D eigenvalue weighted by Crippen LogP contribution is -2.14. The Morgan fingerprint density at radius 1 is 1.64 bits per heavy atom. The van der Waals surface area contributed by atoms with E-state index in [0.717, 1.165) is 11.3 Å². The molecule has 0 fully saturated rings. The molecule has 0 saturated heterocycles. The fourth-order valence-corrected chi connectivity index (χ4v) is 0.913. The number of aromatic nitrogens is 1. The van der Waals surface area contributed by atoms with Crippen LogP contribution in [-0.2, 0) is 5.41 Å². The molecule has 0 aliphatic rings. The highest BCUT2D eigenvalue weighted by Gasteiger charge is 2.22. The van der Waals surface area contributed by atoms with Crippen molar-refractivity contribution in [1.29, 1.82) is 0 Å². The third kappa shape index (κ3) is 1.27. The second-order valence-corrected chi connectivity index (χ2v) is 2.99. The molecule has 2 heteroatoms. The second-order valence-electron chi connectivity index (χ2n) is 2.99. The Balaban J connectivity index is 3.13. The van der Waals surface area contributed by atoms with Crippen LogP contribution in [0.25, 0.3) is 0 Å². The molecule has 1 aromatic rings. The number of hydrogen-bond donors (Lipinski definition) is 0. The Morgan fingerprint density at radius 2 is 2.27 bits per heavy atom. The maximum atomic E-state index is 5.33. The Morgan fingerprint density at radius 3 is 2.64 bits per heavy atom. The molecule has 11 heavy (non-hydrogen) atoms. The van der Waals surface area contributed by atoms with Gasteiger partial charge in [0.05, 0.1) is 5.41 Å². The number of rotatable bonds is 1. The summed E-state index contributed by atoms with van der Waals surface area (Å²) in [4.78, 5) is 0. The number of aryl methyl sites for hydroxylation is 1. The van der Waals surface area contributed by atoms with Crippen LogP contribution in [0.15, 0.2) is 4.52 Å². The van der Waals surface area contributed by atoms with Crippen LogP contribution < -0.4 is 0 Å². The minimum atomic E-state index is -0.329. The van der Waals surface area contributed by atoms with Gasteiger partial charge in [0.2, 0.25) is 0 Å². The predicted octanol–water partition coefficient (Wildman–Crippen LogP) is 1.69. The van der Waals surface area contributed by atoms with E-state index in [2.05, 4.69) is 17.3 Å². The molecule has 0 bridgehead atoms. The molecule has 57 valence electrons. The van der Waals surface area contributed by atoms with Crippen LogP contribution >= 0.6 is 0 Å². The highest BCUT2D eigenvalue weighted by Crippen LogP contribution is 2.23. The van der Waals surface area contributed by atoms with Crippen LogP contribution in [0.4, 0.5) is 0 Å². The molecule has 0 amide bonds. The molecule has 0 aliphatic carbocycles. The van der Waals surface area contributed by atoms with Crippen molar-refractivity contribution < 1.29 is 4.52 Å². The maximum Gasteiger partial charge on any atom is 0.141 e. The highest BCUT2D eigenvalue weighted by molar-refractivity contribution is 5.30. The maximum absolute atomic E-state index is 5.33. The first-order valence-electron chi connectivity index (χ1n) is 3.40. The quantitative estimate of drug-likeness (QED) is 0.566. The first-order valence-corrected chi connectivity index (χ1v) is 3.40. The molecule has 2 nitrogen and oxygen atoms in total. The lowest BCUT2D eigenvalue weighted by Gasteiger charge is -2.14. The lowest BCUT2D eigenvalue weighted by molar-refractivity contribution is 0.393. The summed E-state index contributed by atoms with van der Waals surface area (Å²) < 4.78 is 4.85. The van der Waals surface area contributed by atoms with Gasteiger partial charge >= 0.3 is 0 Å². The molecule has 1 heterocycles. The summed E-state index contributed by atoms with van der Waals surface area (Å²) in [6.45, 7) is 5.70. The molecular formula is C9H10NO. The molecule has 0 N–H and O–H groups in total. The van der Waals surface area contributed by atoms with Gasteiger partial charge < -0.3 is 4.52 Å². The minimum Gasteiger partial charge on any atom is -0.361 e. The van der Waals surface area contributed by atoms with Gasteiger partial charge in [-0.25, -0.2) is 0 Å². The minimum absolute atomic E-state index is 0.329. The molecule has 0 spiro atoms. The number of hydrogen-bond acceptors (Lipinski definition) is 2. The second kappa shape index (κ2) is 2.43. The first-order chi connectivity index (χ1) is 5.08. The Hall–Kier alpha value is -1.23. The van der Waals surface area contributed by atoms with Crippen molar-refractivity contribution in [3.8, 4) is 12.3 Å². The zero-order chi connectivity index (χ0) is 8.48. The van der Waals surface area contributed by atoms with Crippen molar-refractivity contribution in [3.05, 3.63) is 17.5 Å². The van der Waals surface area contributed by atoms with E-state index >= 15 is 0 Å². The van der Waals surface area contributed by atoms with Crippen molar-refractivity contribution in [2.75, 3.05) is 0 Å². The summed E-state index contributed by atoms with van der Waals surface area (Å²) >= 11 is 0. The SMILES string of the molecule is C#CC(C)(C)c1[c]noc1C. The van der Waals surface area contributed by atoms with E-state index in [-0.39, 0.29) is 5.41 Å². The first kappa shape index (κ1) is 7.87. The zero-order valence-corrected chi connectivity index (χ0v) is 6.93. The van der Waals surface area contributed by atoms with Gasteiger partial charge in [0.25, 0.3) is 0 Å². The van der Waals surface area contributed by atoms with Gasteiger partial charge in [-0.05, 0) is 20.8 Å². The topological polar surface area (TPSA) is 26.0 Å². The third-order valence-electron chi connectivity index (χ3n) is 1.68.